The van der Waals surface area contributed by atoms with E-state index in [4.69, 9.17) is 23.2 Å². The molecule has 2 aromatic rings. The van der Waals surface area contributed by atoms with E-state index in [0.29, 0.717) is 15.6 Å². The molecule has 4 heteroatoms. The summed E-state index contributed by atoms with van der Waals surface area (Å²) in [6.45, 7) is 1.87. The van der Waals surface area contributed by atoms with Crippen LogP contribution in [0.5, 0.6) is 0 Å². The van der Waals surface area contributed by atoms with Crippen molar-refractivity contribution in [2.75, 3.05) is 0 Å². The highest BCUT2D eigenvalue weighted by Crippen LogP contribution is 2.26. The van der Waals surface area contributed by atoms with Crippen molar-refractivity contribution in [3.63, 3.8) is 0 Å². The van der Waals surface area contributed by atoms with Crippen molar-refractivity contribution in [2.24, 2.45) is 0 Å². The zero-order valence-corrected chi connectivity index (χ0v) is 10.1. The van der Waals surface area contributed by atoms with Gasteiger partial charge in [0, 0.05) is 21.8 Å². The van der Waals surface area contributed by atoms with Gasteiger partial charge in [-0.15, -0.1) is 0 Å². The van der Waals surface area contributed by atoms with Crippen molar-refractivity contribution in [1.82, 2.24) is 4.98 Å². The van der Waals surface area contributed by atoms with E-state index in [0.717, 1.165) is 11.1 Å². The predicted molar refractivity (Wildman–Crippen MR) is 67.3 cm³/mol. The Balaban J connectivity index is 2.72. The second-order valence-corrected chi connectivity index (χ2v) is 4.40. The van der Waals surface area contributed by atoms with Gasteiger partial charge in [0.25, 0.3) is 5.56 Å². The van der Waals surface area contributed by atoms with Crippen LogP contribution in [0.3, 0.4) is 0 Å². The van der Waals surface area contributed by atoms with Crippen LogP contribution < -0.4 is 5.56 Å². The van der Waals surface area contributed by atoms with Crippen LogP contribution in [-0.2, 0) is 0 Å². The molecule has 0 saturated carbocycles. The summed E-state index contributed by atoms with van der Waals surface area (Å²) in [6, 6.07) is 6.93. The molecule has 0 radical (unpaired) electrons. The summed E-state index contributed by atoms with van der Waals surface area (Å²) in [4.78, 5) is 14.4. The van der Waals surface area contributed by atoms with Crippen LogP contribution in [0.25, 0.3) is 11.1 Å². The van der Waals surface area contributed by atoms with E-state index in [9.17, 15) is 4.79 Å². The number of nitrogens with one attached hydrogen (secondary N) is 1. The van der Waals surface area contributed by atoms with Crippen molar-refractivity contribution in [1.29, 1.82) is 0 Å². The topological polar surface area (TPSA) is 32.9 Å². The summed E-state index contributed by atoms with van der Waals surface area (Å²) in [5.41, 5.74) is 2.09. The molecule has 0 fully saturated rings. The van der Waals surface area contributed by atoms with Crippen LogP contribution in [0, 0.1) is 6.92 Å². The molecule has 0 aliphatic carbocycles. The van der Waals surface area contributed by atoms with Crippen LogP contribution in [0.2, 0.25) is 10.0 Å². The Morgan fingerprint density at radius 2 is 1.75 bits per heavy atom. The first kappa shape index (κ1) is 11.2. The fraction of sp³-hybridized carbons (Fsp3) is 0.0833. The molecule has 0 saturated heterocycles. The predicted octanol–water partition coefficient (Wildman–Crippen LogP) is 3.66. The van der Waals surface area contributed by atoms with Gasteiger partial charge in [0.15, 0.2) is 0 Å². The summed E-state index contributed by atoms with van der Waals surface area (Å²) in [5.74, 6) is 0. The van der Waals surface area contributed by atoms with Gasteiger partial charge in [-0.05, 0) is 42.3 Å². The molecule has 0 bridgehead atoms. The Morgan fingerprint density at radius 1 is 1.12 bits per heavy atom. The Labute approximate surface area is 103 Å². The Hall–Kier alpha value is -1.25. The minimum Gasteiger partial charge on any atom is -0.329 e. The molecule has 0 spiro atoms. The molecule has 2 nitrogen and oxygen atoms in total. The average Bonchev–Trinajstić information content (AvgIpc) is 2.15. The number of aromatic amines is 1. The number of aromatic nitrogens is 1. The number of hydrogen-bond donors (Lipinski definition) is 1. The highest BCUT2D eigenvalue weighted by atomic mass is 35.5. The molecule has 0 amide bonds. The Kier molecular flexibility index (Phi) is 3.03. The normalized spacial score (nSPS) is 10.4. The molecular weight excluding hydrogens is 245 g/mol. The second-order valence-electron chi connectivity index (χ2n) is 3.52. The Morgan fingerprint density at radius 3 is 2.31 bits per heavy atom. The van der Waals surface area contributed by atoms with Crippen LogP contribution in [0.4, 0.5) is 0 Å². The lowest BCUT2D eigenvalue weighted by Gasteiger charge is -2.05. The maximum absolute atomic E-state index is 11.7. The highest BCUT2D eigenvalue weighted by molar-refractivity contribution is 6.35. The average molecular weight is 254 g/mol. The highest BCUT2D eigenvalue weighted by Gasteiger charge is 2.08. The number of hydrogen-bond acceptors (Lipinski definition) is 1. The van der Waals surface area contributed by atoms with E-state index in [-0.39, 0.29) is 5.56 Å². The van der Waals surface area contributed by atoms with E-state index < -0.39 is 0 Å². The Bertz CT molecular complexity index is 570. The number of benzene rings is 1. The molecule has 0 unspecified atom stereocenters. The molecule has 0 aliphatic heterocycles. The zero-order valence-electron chi connectivity index (χ0n) is 8.55. The minimum absolute atomic E-state index is 0.140. The van der Waals surface area contributed by atoms with E-state index in [2.05, 4.69) is 4.98 Å². The lowest BCUT2D eigenvalue weighted by atomic mass is 10.0. The molecule has 82 valence electrons. The monoisotopic (exact) mass is 253 g/mol. The number of rotatable bonds is 1. The number of halogens is 2. The minimum atomic E-state index is -0.140. The summed E-state index contributed by atoms with van der Waals surface area (Å²) < 4.78 is 0. The van der Waals surface area contributed by atoms with Gasteiger partial charge >= 0.3 is 0 Å². The SMILES string of the molecule is Cc1cc[nH]c(=O)c1-c1cc(Cl)cc(Cl)c1. The van der Waals surface area contributed by atoms with Gasteiger partial charge in [-0.25, -0.2) is 0 Å². The van der Waals surface area contributed by atoms with Crippen molar-refractivity contribution >= 4 is 23.2 Å². The number of pyridine rings is 1. The molecule has 1 N–H and O–H groups in total. The van der Waals surface area contributed by atoms with Gasteiger partial charge in [-0.1, -0.05) is 23.2 Å². The van der Waals surface area contributed by atoms with Gasteiger partial charge in [0.2, 0.25) is 0 Å². The first-order valence-corrected chi connectivity index (χ1v) is 5.48. The molecule has 16 heavy (non-hydrogen) atoms. The van der Waals surface area contributed by atoms with E-state index in [1.54, 1.807) is 24.4 Å². The van der Waals surface area contributed by atoms with Gasteiger partial charge in [0.1, 0.15) is 0 Å². The van der Waals surface area contributed by atoms with Gasteiger partial charge in [0.05, 0.1) is 0 Å². The fourth-order valence-electron chi connectivity index (χ4n) is 1.63. The lowest BCUT2D eigenvalue weighted by Crippen LogP contribution is -2.09. The molecule has 1 aromatic carbocycles. The maximum Gasteiger partial charge on any atom is 0.256 e. The van der Waals surface area contributed by atoms with Crippen LogP contribution >= 0.6 is 23.2 Å². The van der Waals surface area contributed by atoms with Crippen molar-refractivity contribution in [2.45, 2.75) is 6.92 Å². The fourth-order valence-corrected chi connectivity index (χ4v) is 2.16. The van der Waals surface area contributed by atoms with Crippen LogP contribution in [-0.4, -0.2) is 4.98 Å². The van der Waals surface area contributed by atoms with Crippen molar-refractivity contribution in [3.05, 3.63) is 56.4 Å². The smallest absolute Gasteiger partial charge is 0.256 e. The van der Waals surface area contributed by atoms with Crippen LogP contribution in [0.15, 0.2) is 35.3 Å². The summed E-state index contributed by atoms with van der Waals surface area (Å²) in [7, 11) is 0. The third kappa shape index (κ3) is 2.13. The number of aryl methyl sites for hydroxylation is 1. The quantitative estimate of drug-likeness (QED) is 0.827. The molecule has 2 rings (SSSR count). The molecule has 0 atom stereocenters. The maximum atomic E-state index is 11.7. The van der Waals surface area contributed by atoms with Gasteiger partial charge in [-0.3, -0.25) is 4.79 Å². The largest absolute Gasteiger partial charge is 0.329 e. The summed E-state index contributed by atoms with van der Waals surface area (Å²) in [5, 5.41) is 1.04. The first-order valence-electron chi connectivity index (χ1n) is 4.72. The van der Waals surface area contributed by atoms with Gasteiger partial charge in [-0.2, -0.15) is 0 Å². The van der Waals surface area contributed by atoms with E-state index in [1.165, 1.54) is 0 Å². The van der Waals surface area contributed by atoms with E-state index in [1.807, 2.05) is 13.0 Å². The molecular formula is C12H9Cl2NO. The molecule has 1 heterocycles. The summed E-state index contributed by atoms with van der Waals surface area (Å²) >= 11 is 11.8. The van der Waals surface area contributed by atoms with Gasteiger partial charge < -0.3 is 4.98 Å². The van der Waals surface area contributed by atoms with Crippen LogP contribution in [0.1, 0.15) is 5.56 Å². The van der Waals surface area contributed by atoms with Crippen molar-refractivity contribution < 1.29 is 0 Å². The third-order valence-corrected chi connectivity index (χ3v) is 2.76. The molecule has 0 aliphatic rings. The third-order valence-electron chi connectivity index (χ3n) is 2.32. The summed E-state index contributed by atoms with van der Waals surface area (Å²) in [6.07, 6.45) is 1.62. The lowest BCUT2D eigenvalue weighted by molar-refractivity contribution is 1.21. The van der Waals surface area contributed by atoms with Crippen molar-refractivity contribution in [3.8, 4) is 11.1 Å². The molecule has 1 aromatic heterocycles. The second kappa shape index (κ2) is 4.32. The first-order chi connectivity index (χ1) is 7.58. The zero-order chi connectivity index (χ0) is 11.7. The standard InChI is InChI=1S/C12H9Cl2NO/c1-7-2-3-15-12(16)11(7)8-4-9(13)6-10(14)5-8/h2-6H,1H3,(H,15,16). The van der Waals surface area contributed by atoms with E-state index >= 15 is 0 Å². The number of H-pyrrole nitrogens is 1.